The number of benzene rings is 2. The summed E-state index contributed by atoms with van der Waals surface area (Å²) >= 11 is 11.0. The van der Waals surface area contributed by atoms with E-state index in [1.807, 2.05) is 49.4 Å². The van der Waals surface area contributed by atoms with Gasteiger partial charge in [-0.3, -0.25) is 0 Å². The lowest BCUT2D eigenvalue weighted by Gasteiger charge is -2.12. The molecule has 0 saturated carbocycles. The van der Waals surface area contributed by atoms with Gasteiger partial charge in [0.05, 0.1) is 0 Å². The number of rotatable bonds is 3. The van der Waals surface area contributed by atoms with Crippen LogP contribution in [0.5, 0.6) is 0 Å². The second kappa shape index (κ2) is 5.38. The molecule has 2 aromatic carbocycles. The molecule has 0 aliphatic heterocycles. The number of halogens is 1. The number of hydrogen-bond acceptors (Lipinski definition) is 2. The summed E-state index contributed by atoms with van der Waals surface area (Å²) in [5, 5.41) is 3.95. The van der Waals surface area contributed by atoms with Crippen LogP contribution < -0.4 is 11.1 Å². The third-order valence-corrected chi connectivity index (χ3v) is 3.00. The molecule has 0 aromatic heterocycles. The molecule has 0 spiro atoms. The van der Waals surface area contributed by atoms with Gasteiger partial charge in [-0.15, -0.1) is 0 Å². The summed E-state index contributed by atoms with van der Waals surface area (Å²) in [6.45, 7) is 2.00. The molecule has 0 aliphatic carbocycles. The first-order valence-corrected chi connectivity index (χ1v) is 6.28. The van der Waals surface area contributed by atoms with E-state index in [9.17, 15) is 0 Å². The number of nitrogens with one attached hydrogen (secondary N) is 1. The van der Waals surface area contributed by atoms with Crippen molar-refractivity contribution in [2.24, 2.45) is 5.73 Å². The SMILES string of the molecule is Cc1ccc(Nc2cccc(Cl)c2)c(C(N)=S)c1. The minimum absolute atomic E-state index is 0.378. The van der Waals surface area contributed by atoms with Gasteiger partial charge >= 0.3 is 0 Å². The van der Waals surface area contributed by atoms with Gasteiger partial charge in [-0.2, -0.15) is 0 Å². The first-order chi connectivity index (χ1) is 8.56. The molecule has 2 aromatic rings. The van der Waals surface area contributed by atoms with E-state index in [0.29, 0.717) is 10.0 Å². The Kier molecular flexibility index (Phi) is 3.84. The van der Waals surface area contributed by atoms with Gasteiger partial charge < -0.3 is 11.1 Å². The zero-order valence-corrected chi connectivity index (χ0v) is 11.5. The smallest absolute Gasteiger partial charge is 0.106 e. The molecular weight excluding hydrogens is 264 g/mol. The summed E-state index contributed by atoms with van der Waals surface area (Å²) in [4.78, 5) is 0.378. The molecule has 0 bridgehead atoms. The van der Waals surface area contributed by atoms with Crippen LogP contribution in [0.2, 0.25) is 5.02 Å². The van der Waals surface area contributed by atoms with Crippen LogP contribution in [-0.2, 0) is 0 Å². The maximum atomic E-state index is 5.95. The lowest BCUT2D eigenvalue weighted by Crippen LogP contribution is -2.12. The molecule has 0 radical (unpaired) electrons. The van der Waals surface area contributed by atoms with Crippen molar-refractivity contribution in [1.29, 1.82) is 0 Å². The van der Waals surface area contributed by atoms with Gasteiger partial charge in [-0.1, -0.05) is 41.5 Å². The Morgan fingerprint density at radius 1 is 1.22 bits per heavy atom. The Morgan fingerprint density at radius 2 is 2.00 bits per heavy atom. The van der Waals surface area contributed by atoms with E-state index in [0.717, 1.165) is 22.5 Å². The highest BCUT2D eigenvalue weighted by atomic mass is 35.5. The van der Waals surface area contributed by atoms with Crippen molar-refractivity contribution in [1.82, 2.24) is 0 Å². The van der Waals surface area contributed by atoms with Crippen LogP contribution in [-0.4, -0.2) is 4.99 Å². The molecule has 0 amide bonds. The molecule has 0 saturated heterocycles. The van der Waals surface area contributed by atoms with E-state index in [1.54, 1.807) is 0 Å². The molecule has 0 fully saturated rings. The van der Waals surface area contributed by atoms with Gasteiger partial charge in [-0.05, 0) is 37.3 Å². The molecule has 92 valence electrons. The predicted octanol–water partition coefficient (Wildman–Crippen LogP) is 4.03. The number of hydrogen-bond donors (Lipinski definition) is 2. The van der Waals surface area contributed by atoms with E-state index in [4.69, 9.17) is 29.6 Å². The molecule has 2 nitrogen and oxygen atoms in total. The quantitative estimate of drug-likeness (QED) is 0.832. The molecule has 0 unspecified atom stereocenters. The van der Waals surface area contributed by atoms with Gasteiger partial charge in [0, 0.05) is 22.0 Å². The summed E-state index contributed by atoms with van der Waals surface area (Å²) in [7, 11) is 0. The topological polar surface area (TPSA) is 38.0 Å². The minimum atomic E-state index is 0.378. The van der Waals surface area contributed by atoms with Crippen molar-refractivity contribution in [3.8, 4) is 0 Å². The fraction of sp³-hybridized carbons (Fsp3) is 0.0714. The molecule has 2 rings (SSSR count). The monoisotopic (exact) mass is 276 g/mol. The summed E-state index contributed by atoms with van der Waals surface area (Å²) in [5.74, 6) is 0. The number of aryl methyl sites for hydroxylation is 1. The first kappa shape index (κ1) is 12.9. The highest BCUT2D eigenvalue weighted by Gasteiger charge is 2.06. The van der Waals surface area contributed by atoms with Crippen molar-refractivity contribution >= 4 is 40.2 Å². The molecule has 4 heteroatoms. The second-order valence-electron chi connectivity index (χ2n) is 4.05. The fourth-order valence-electron chi connectivity index (χ4n) is 1.69. The minimum Gasteiger partial charge on any atom is -0.389 e. The Labute approximate surface area is 117 Å². The number of nitrogens with two attached hydrogens (primary N) is 1. The molecule has 0 atom stereocenters. The number of thiocarbonyl (C=S) groups is 1. The highest BCUT2D eigenvalue weighted by molar-refractivity contribution is 7.80. The van der Waals surface area contributed by atoms with Crippen molar-refractivity contribution in [2.75, 3.05) is 5.32 Å². The summed E-state index contributed by atoms with van der Waals surface area (Å²) in [5.41, 5.74) is 9.48. The summed E-state index contributed by atoms with van der Waals surface area (Å²) < 4.78 is 0. The Balaban J connectivity index is 2.37. The van der Waals surface area contributed by atoms with Crippen LogP contribution >= 0.6 is 23.8 Å². The zero-order chi connectivity index (χ0) is 13.1. The van der Waals surface area contributed by atoms with E-state index < -0.39 is 0 Å². The standard InChI is InChI=1S/C14H13ClN2S/c1-9-5-6-13(12(7-9)14(16)18)17-11-4-2-3-10(15)8-11/h2-8,17H,1H3,(H2,16,18). The van der Waals surface area contributed by atoms with Crippen LogP contribution in [0.3, 0.4) is 0 Å². The average molecular weight is 277 g/mol. The summed E-state index contributed by atoms with van der Waals surface area (Å²) in [6, 6.07) is 13.4. The van der Waals surface area contributed by atoms with Crippen LogP contribution in [0, 0.1) is 6.92 Å². The van der Waals surface area contributed by atoms with E-state index in [2.05, 4.69) is 5.32 Å². The Morgan fingerprint density at radius 3 is 2.67 bits per heavy atom. The summed E-state index contributed by atoms with van der Waals surface area (Å²) in [6.07, 6.45) is 0. The lowest BCUT2D eigenvalue weighted by atomic mass is 10.1. The average Bonchev–Trinajstić information content (AvgIpc) is 2.31. The van der Waals surface area contributed by atoms with Crippen LogP contribution in [0.25, 0.3) is 0 Å². The van der Waals surface area contributed by atoms with Crippen LogP contribution in [0.4, 0.5) is 11.4 Å². The molecule has 0 aliphatic rings. The third kappa shape index (κ3) is 3.00. The molecular formula is C14H13ClN2S. The first-order valence-electron chi connectivity index (χ1n) is 5.49. The van der Waals surface area contributed by atoms with E-state index in [-0.39, 0.29) is 0 Å². The van der Waals surface area contributed by atoms with Crippen LogP contribution in [0.1, 0.15) is 11.1 Å². The number of anilines is 2. The zero-order valence-electron chi connectivity index (χ0n) is 9.91. The predicted molar refractivity (Wildman–Crippen MR) is 81.8 cm³/mol. The largest absolute Gasteiger partial charge is 0.389 e. The molecule has 0 heterocycles. The maximum absolute atomic E-state index is 5.95. The van der Waals surface area contributed by atoms with Crippen molar-refractivity contribution in [3.63, 3.8) is 0 Å². The third-order valence-electron chi connectivity index (χ3n) is 2.54. The van der Waals surface area contributed by atoms with Gasteiger partial charge in [0.2, 0.25) is 0 Å². The van der Waals surface area contributed by atoms with Gasteiger partial charge in [0.25, 0.3) is 0 Å². The Hall–Kier alpha value is -1.58. The van der Waals surface area contributed by atoms with Crippen molar-refractivity contribution < 1.29 is 0 Å². The highest BCUT2D eigenvalue weighted by Crippen LogP contribution is 2.24. The van der Waals surface area contributed by atoms with Gasteiger partial charge in [0.1, 0.15) is 4.99 Å². The van der Waals surface area contributed by atoms with E-state index in [1.165, 1.54) is 0 Å². The molecule has 3 N–H and O–H groups in total. The van der Waals surface area contributed by atoms with Crippen molar-refractivity contribution in [2.45, 2.75) is 6.92 Å². The molecule has 18 heavy (non-hydrogen) atoms. The maximum Gasteiger partial charge on any atom is 0.106 e. The fourth-order valence-corrected chi connectivity index (χ4v) is 2.05. The van der Waals surface area contributed by atoms with E-state index >= 15 is 0 Å². The second-order valence-corrected chi connectivity index (χ2v) is 4.92. The van der Waals surface area contributed by atoms with Crippen molar-refractivity contribution in [3.05, 3.63) is 58.6 Å². The lowest BCUT2D eigenvalue weighted by molar-refractivity contribution is 1.43. The van der Waals surface area contributed by atoms with Gasteiger partial charge in [0.15, 0.2) is 0 Å². The Bertz CT molecular complexity index is 596. The van der Waals surface area contributed by atoms with Gasteiger partial charge in [-0.25, -0.2) is 0 Å². The normalized spacial score (nSPS) is 10.1. The van der Waals surface area contributed by atoms with Crippen LogP contribution in [0.15, 0.2) is 42.5 Å².